The summed E-state index contributed by atoms with van der Waals surface area (Å²) in [5.74, 6) is 2.45. The van der Waals surface area contributed by atoms with Gasteiger partial charge in [-0.1, -0.05) is 35.3 Å². The lowest BCUT2D eigenvalue weighted by Crippen LogP contribution is -2.07. The van der Waals surface area contributed by atoms with Crippen molar-refractivity contribution in [3.05, 3.63) is 85.7 Å². The van der Waals surface area contributed by atoms with E-state index in [1.165, 1.54) is 33.4 Å². The van der Waals surface area contributed by atoms with Gasteiger partial charge in [0.15, 0.2) is 15.5 Å². The van der Waals surface area contributed by atoms with Crippen LogP contribution in [0.25, 0.3) is 0 Å². The molecule has 0 amide bonds. The Hall–Kier alpha value is -2.49. The fourth-order valence-electron chi connectivity index (χ4n) is 4.72. The predicted molar refractivity (Wildman–Crippen MR) is 164 cm³/mol. The monoisotopic (exact) mass is 576 g/mol. The topological polar surface area (TPSA) is 77.3 Å². The van der Waals surface area contributed by atoms with Crippen molar-refractivity contribution in [2.45, 2.75) is 95.0 Å². The van der Waals surface area contributed by atoms with Gasteiger partial charge in [-0.2, -0.15) is 0 Å². The molecule has 0 atom stereocenters. The van der Waals surface area contributed by atoms with Gasteiger partial charge in [-0.05, 0) is 114 Å². The molecule has 0 spiro atoms. The van der Waals surface area contributed by atoms with Gasteiger partial charge in [0.1, 0.15) is 0 Å². The van der Waals surface area contributed by atoms with E-state index in [1.54, 1.807) is 35.3 Å². The van der Waals surface area contributed by atoms with Crippen molar-refractivity contribution >= 4 is 35.3 Å². The number of aromatic nitrogens is 6. The van der Waals surface area contributed by atoms with Crippen LogP contribution in [0, 0.1) is 62.3 Å². The zero-order valence-corrected chi connectivity index (χ0v) is 26.7. The van der Waals surface area contributed by atoms with Crippen LogP contribution in [0.15, 0.2) is 33.7 Å². The van der Waals surface area contributed by atoms with Crippen molar-refractivity contribution in [2.75, 3.05) is 0 Å². The van der Waals surface area contributed by atoms with Gasteiger partial charge in [0.05, 0.1) is 0 Å². The summed E-state index contributed by atoms with van der Waals surface area (Å²) in [5.41, 5.74) is 14.0. The minimum Gasteiger partial charge on any atom is -0.228 e. The van der Waals surface area contributed by atoms with Crippen molar-refractivity contribution in [3.63, 3.8) is 0 Å². The summed E-state index contributed by atoms with van der Waals surface area (Å²) in [6.45, 7) is 18.9. The summed E-state index contributed by atoms with van der Waals surface area (Å²) in [4.78, 5) is 28.0. The van der Waals surface area contributed by atoms with Gasteiger partial charge in [-0.25, -0.2) is 29.9 Å². The number of benzene rings is 1. The summed E-state index contributed by atoms with van der Waals surface area (Å²) in [5, 5.41) is 2.47. The number of aryl methyl sites for hydroxylation is 6. The zero-order chi connectivity index (χ0) is 28.3. The molecule has 0 unspecified atom stereocenters. The summed E-state index contributed by atoms with van der Waals surface area (Å²) in [7, 11) is 0. The molecule has 0 aliphatic carbocycles. The normalized spacial score (nSPS) is 11.3. The van der Waals surface area contributed by atoms with Gasteiger partial charge in [0.25, 0.3) is 0 Å². The molecular weight excluding hydrogens is 541 g/mol. The van der Waals surface area contributed by atoms with Crippen molar-refractivity contribution in [3.8, 4) is 0 Å². The average Bonchev–Trinajstić information content (AvgIpc) is 2.82. The van der Waals surface area contributed by atoms with Crippen LogP contribution in [-0.2, 0) is 17.3 Å². The molecule has 0 bridgehead atoms. The molecule has 0 saturated carbocycles. The number of rotatable bonds is 9. The first-order chi connectivity index (χ1) is 18.5. The molecule has 6 nitrogen and oxygen atoms in total. The van der Waals surface area contributed by atoms with Gasteiger partial charge in [-0.15, -0.1) is 0 Å². The molecule has 0 N–H and O–H groups in total. The summed E-state index contributed by atoms with van der Waals surface area (Å²) in [6, 6.07) is 6.05. The Morgan fingerprint density at radius 3 is 0.795 bits per heavy atom. The molecule has 3 heterocycles. The summed E-state index contributed by atoms with van der Waals surface area (Å²) < 4.78 is 0. The maximum absolute atomic E-state index is 4.67. The molecule has 1 aromatic carbocycles. The number of hydrogen-bond donors (Lipinski definition) is 0. The Labute approximate surface area is 245 Å². The quantitative estimate of drug-likeness (QED) is 0.147. The number of nitrogens with zero attached hydrogens (tertiary/aromatic N) is 6. The highest BCUT2D eigenvalue weighted by atomic mass is 32.2. The van der Waals surface area contributed by atoms with E-state index in [2.05, 4.69) is 50.7 Å². The lowest BCUT2D eigenvalue weighted by atomic mass is 9.90. The number of hydrogen-bond acceptors (Lipinski definition) is 9. The van der Waals surface area contributed by atoms with Crippen molar-refractivity contribution in [1.29, 1.82) is 0 Å². The van der Waals surface area contributed by atoms with Crippen LogP contribution < -0.4 is 0 Å². The first kappa shape index (κ1) is 29.5. The minimum atomic E-state index is 0.816. The average molecular weight is 577 g/mol. The van der Waals surface area contributed by atoms with E-state index >= 15 is 0 Å². The molecule has 4 aromatic rings. The van der Waals surface area contributed by atoms with Gasteiger partial charge in [0.2, 0.25) is 0 Å². The van der Waals surface area contributed by atoms with E-state index in [0.29, 0.717) is 0 Å². The van der Waals surface area contributed by atoms with E-state index in [1.807, 2.05) is 59.7 Å². The molecule has 0 saturated heterocycles. The minimum absolute atomic E-state index is 0.816. The third-order valence-corrected chi connectivity index (χ3v) is 9.26. The number of thioether (sulfide) groups is 3. The SMILES string of the molecule is Cc1cc(C)nc(SCc2c(C)c(CSc3nc(C)cc(C)n3)c(C)c(CSc3nc(C)cc(C)n3)c2C)n1. The van der Waals surface area contributed by atoms with E-state index in [4.69, 9.17) is 0 Å². The zero-order valence-electron chi connectivity index (χ0n) is 24.3. The Morgan fingerprint density at radius 2 is 0.590 bits per heavy atom. The first-order valence-electron chi connectivity index (χ1n) is 13.0. The molecular formula is C30H36N6S3. The lowest BCUT2D eigenvalue weighted by Gasteiger charge is -2.22. The van der Waals surface area contributed by atoms with Crippen molar-refractivity contribution < 1.29 is 0 Å². The van der Waals surface area contributed by atoms with E-state index < -0.39 is 0 Å². The fourth-order valence-corrected chi connectivity index (χ4v) is 8.09. The highest BCUT2D eigenvalue weighted by Gasteiger charge is 2.19. The Bertz CT molecular complexity index is 1260. The standard InChI is InChI=1S/C30H36N6S3/c1-16-10-17(2)32-28(31-16)37-13-25-22(7)26(14-38-29-33-18(3)11-19(4)34-29)24(9)27(23(25)8)15-39-30-35-20(5)12-21(6)36-30/h10-12H,13-15H2,1-9H3. The van der Waals surface area contributed by atoms with Crippen LogP contribution in [0.4, 0.5) is 0 Å². The van der Waals surface area contributed by atoms with Crippen LogP contribution in [0.1, 0.15) is 67.5 Å². The van der Waals surface area contributed by atoms with Gasteiger partial charge in [0, 0.05) is 51.4 Å². The maximum Gasteiger partial charge on any atom is 0.188 e. The van der Waals surface area contributed by atoms with Gasteiger partial charge >= 0.3 is 0 Å². The molecule has 3 aromatic heterocycles. The van der Waals surface area contributed by atoms with Gasteiger partial charge in [-0.3, -0.25) is 0 Å². The second kappa shape index (κ2) is 12.8. The molecule has 0 radical (unpaired) electrons. The smallest absolute Gasteiger partial charge is 0.188 e. The molecule has 9 heteroatoms. The molecule has 0 aliphatic heterocycles. The highest BCUT2D eigenvalue weighted by Crippen LogP contribution is 2.36. The maximum atomic E-state index is 4.67. The fraction of sp³-hybridized carbons (Fsp3) is 0.400. The molecule has 4 rings (SSSR count). The van der Waals surface area contributed by atoms with E-state index in [-0.39, 0.29) is 0 Å². The molecule has 0 fully saturated rings. The van der Waals surface area contributed by atoms with E-state index in [9.17, 15) is 0 Å². The van der Waals surface area contributed by atoms with Crippen LogP contribution in [0.5, 0.6) is 0 Å². The van der Waals surface area contributed by atoms with Crippen molar-refractivity contribution in [1.82, 2.24) is 29.9 Å². The molecule has 0 aliphatic rings. The predicted octanol–water partition coefficient (Wildman–Crippen LogP) is 7.71. The van der Waals surface area contributed by atoms with Crippen molar-refractivity contribution in [2.24, 2.45) is 0 Å². The third-order valence-electron chi connectivity index (χ3n) is 6.64. The Kier molecular flexibility index (Phi) is 9.67. The second-order valence-corrected chi connectivity index (χ2v) is 12.8. The second-order valence-electron chi connectivity index (χ2n) is 9.98. The van der Waals surface area contributed by atoms with Crippen LogP contribution in [0.3, 0.4) is 0 Å². The van der Waals surface area contributed by atoms with Crippen LogP contribution >= 0.6 is 35.3 Å². The van der Waals surface area contributed by atoms with Gasteiger partial charge < -0.3 is 0 Å². The summed E-state index contributed by atoms with van der Waals surface area (Å²) in [6.07, 6.45) is 0. The highest BCUT2D eigenvalue weighted by molar-refractivity contribution is 7.98. The largest absolute Gasteiger partial charge is 0.228 e. The Balaban J connectivity index is 1.69. The van der Waals surface area contributed by atoms with E-state index in [0.717, 1.165) is 66.9 Å². The Morgan fingerprint density at radius 1 is 0.385 bits per heavy atom. The summed E-state index contributed by atoms with van der Waals surface area (Å²) >= 11 is 5.12. The lowest BCUT2D eigenvalue weighted by molar-refractivity contribution is 0.899. The molecule has 39 heavy (non-hydrogen) atoms. The van der Waals surface area contributed by atoms with Crippen LogP contribution in [0.2, 0.25) is 0 Å². The first-order valence-corrected chi connectivity index (χ1v) is 15.9. The van der Waals surface area contributed by atoms with Crippen LogP contribution in [-0.4, -0.2) is 29.9 Å². The molecule has 204 valence electrons. The third kappa shape index (κ3) is 7.58.